The lowest BCUT2D eigenvalue weighted by Gasteiger charge is -2.02. The van der Waals surface area contributed by atoms with E-state index in [1.807, 2.05) is 12.1 Å². The van der Waals surface area contributed by atoms with Crippen molar-refractivity contribution in [1.82, 2.24) is 15.5 Å². The molecule has 0 aliphatic heterocycles. The maximum Gasteiger partial charge on any atom is 0.251 e. The van der Waals surface area contributed by atoms with Gasteiger partial charge in [0.05, 0.1) is 6.54 Å². The van der Waals surface area contributed by atoms with Crippen LogP contribution in [0.15, 0.2) is 39.7 Å². The fraction of sp³-hybridized carbons (Fsp3) is 0.100. The third-order valence-corrected chi connectivity index (χ3v) is 2.45. The maximum absolute atomic E-state index is 11.6. The minimum atomic E-state index is -0.169. The van der Waals surface area contributed by atoms with Gasteiger partial charge in [-0.1, -0.05) is 21.1 Å². The summed E-state index contributed by atoms with van der Waals surface area (Å²) in [6, 6.07) is 7.08. The number of nitrogens with zero attached hydrogens (tertiary/aromatic N) is 2. The molecule has 1 amide bonds. The number of hydrogen-bond acceptors (Lipinski definition) is 4. The largest absolute Gasteiger partial charge is 0.345 e. The van der Waals surface area contributed by atoms with Gasteiger partial charge >= 0.3 is 0 Å². The number of carbonyl (C=O) groups is 1. The highest BCUT2D eigenvalue weighted by Gasteiger charge is 2.06. The van der Waals surface area contributed by atoms with Gasteiger partial charge in [0, 0.05) is 10.0 Å². The molecule has 0 fully saturated rings. The van der Waals surface area contributed by atoms with Crippen LogP contribution in [-0.4, -0.2) is 16.0 Å². The second-order valence-electron chi connectivity index (χ2n) is 3.04. The van der Waals surface area contributed by atoms with Crippen LogP contribution in [-0.2, 0) is 6.54 Å². The molecule has 0 atom stereocenters. The summed E-state index contributed by atoms with van der Waals surface area (Å²) in [6.07, 6.45) is 1.22. The number of rotatable bonds is 3. The highest BCUT2D eigenvalue weighted by Crippen LogP contribution is 2.10. The second-order valence-corrected chi connectivity index (χ2v) is 3.95. The van der Waals surface area contributed by atoms with E-state index >= 15 is 0 Å². The summed E-state index contributed by atoms with van der Waals surface area (Å²) in [6.45, 7) is 0.255. The zero-order chi connectivity index (χ0) is 11.4. The van der Waals surface area contributed by atoms with Crippen LogP contribution in [0.3, 0.4) is 0 Å². The molecule has 0 saturated carbocycles. The molecule has 1 N–H and O–H groups in total. The first-order valence-electron chi connectivity index (χ1n) is 4.55. The van der Waals surface area contributed by atoms with Crippen LogP contribution in [0.5, 0.6) is 0 Å². The Bertz CT molecular complexity index is 467. The highest BCUT2D eigenvalue weighted by atomic mass is 79.9. The predicted molar refractivity (Wildman–Crippen MR) is 59.6 cm³/mol. The fourth-order valence-corrected chi connectivity index (χ4v) is 1.40. The summed E-state index contributed by atoms with van der Waals surface area (Å²) >= 11 is 3.30. The quantitative estimate of drug-likeness (QED) is 0.931. The van der Waals surface area contributed by atoms with Gasteiger partial charge in [-0.15, -0.1) is 0 Å². The van der Waals surface area contributed by atoms with Crippen molar-refractivity contribution >= 4 is 21.8 Å². The molecule has 0 aliphatic rings. The molecule has 0 unspecified atom stereocenters. The van der Waals surface area contributed by atoms with Crippen molar-refractivity contribution in [2.45, 2.75) is 6.54 Å². The van der Waals surface area contributed by atoms with Gasteiger partial charge < -0.3 is 9.84 Å². The molecule has 6 heteroatoms. The van der Waals surface area contributed by atoms with Gasteiger partial charge in [0.2, 0.25) is 6.39 Å². The smallest absolute Gasteiger partial charge is 0.251 e. The van der Waals surface area contributed by atoms with E-state index in [2.05, 4.69) is 35.9 Å². The number of nitrogens with one attached hydrogen (secondary N) is 1. The van der Waals surface area contributed by atoms with E-state index in [1.54, 1.807) is 12.1 Å². The summed E-state index contributed by atoms with van der Waals surface area (Å²) < 4.78 is 5.48. The highest BCUT2D eigenvalue weighted by molar-refractivity contribution is 9.10. The molecule has 1 aromatic carbocycles. The number of halogens is 1. The van der Waals surface area contributed by atoms with Crippen molar-refractivity contribution in [3.8, 4) is 0 Å². The van der Waals surface area contributed by atoms with Crippen LogP contribution in [0.4, 0.5) is 0 Å². The van der Waals surface area contributed by atoms with Gasteiger partial charge in [0.1, 0.15) is 0 Å². The molecule has 16 heavy (non-hydrogen) atoms. The number of carbonyl (C=O) groups excluding carboxylic acids is 1. The molecule has 1 heterocycles. The predicted octanol–water partition coefficient (Wildman–Crippen LogP) is 1.76. The van der Waals surface area contributed by atoms with Crippen molar-refractivity contribution in [2.24, 2.45) is 0 Å². The topological polar surface area (TPSA) is 68.0 Å². The van der Waals surface area contributed by atoms with Crippen LogP contribution >= 0.6 is 15.9 Å². The monoisotopic (exact) mass is 281 g/mol. The maximum atomic E-state index is 11.6. The first-order chi connectivity index (χ1) is 7.75. The Morgan fingerprint density at radius 1 is 1.38 bits per heavy atom. The molecule has 2 aromatic rings. The molecule has 0 spiro atoms. The third-order valence-electron chi connectivity index (χ3n) is 1.92. The van der Waals surface area contributed by atoms with Gasteiger partial charge in [0.15, 0.2) is 5.82 Å². The van der Waals surface area contributed by atoms with Crippen molar-refractivity contribution in [3.63, 3.8) is 0 Å². The van der Waals surface area contributed by atoms with E-state index < -0.39 is 0 Å². The van der Waals surface area contributed by atoms with Gasteiger partial charge in [0.25, 0.3) is 5.91 Å². The first-order valence-corrected chi connectivity index (χ1v) is 5.34. The van der Waals surface area contributed by atoms with Crippen molar-refractivity contribution in [3.05, 3.63) is 46.5 Å². The lowest BCUT2D eigenvalue weighted by Crippen LogP contribution is -2.23. The number of aromatic nitrogens is 2. The van der Waals surface area contributed by atoms with Gasteiger partial charge in [-0.3, -0.25) is 4.79 Å². The summed E-state index contributed by atoms with van der Waals surface area (Å²) in [7, 11) is 0. The SMILES string of the molecule is O=C(NCc1ncon1)c1ccc(Br)cc1. The molecular weight excluding hydrogens is 274 g/mol. The van der Waals surface area contributed by atoms with Gasteiger partial charge in [-0.05, 0) is 24.3 Å². The Morgan fingerprint density at radius 3 is 2.75 bits per heavy atom. The first kappa shape index (κ1) is 10.8. The van der Waals surface area contributed by atoms with Gasteiger partial charge in [-0.2, -0.15) is 4.98 Å². The lowest BCUT2D eigenvalue weighted by molar-refractivity contribution is 0.0949. The normalized spacial score (nSPS) is 10.1. The van der Waals surface area contributed by atoms with Crippen molar-refractivity contribution < 1.29 is 9.32 Å². The minimum Gasteiger partial charge on any atom is -0.345 e. The molecule has 0 aliphatic carbocycles. The zero-order valence-electron chi connectivity index (χ0n) is 8.18. The summed E-state index contributed by atoms with van der Waals surface area (Å²) in [5.41, 5.74) is 0.590. The van der Waals surface area contributed by atoms with E-state index in [9.17, 15) is 4.79 Å². The Kier molecular flexibility index (Phi) is 3.31. The molecule has 5 nitrogen and oxygen atoms in total. The van der Waals surface area contributed by atoms with E-state index in [1.165, 1.54) is 6.39 Å². The molecule has 82 valence electrons. The summed E-state index contributed by atoms with van der Waals surface area (Å²) in [5.74, 6) is 0.280. The van der Waals surface area contributed by atoms with Crippen LogP contribution in [0.25, 0.3) is 0 Å². The number of hydrogen-bond donors (Lipinski definition) is 1. The van der Waals surface area contributed by atoms with E-state index in [-0.39, 0.29) is 12.5 Å². The van der Waals surface area contributed by atoms with Crippen LogP contribution in [0, 0.1) is 0 Å². The summed E-state index contributed by atoms with van der Waals surface area (Å²) in [5, 5.41) is 6.27. The number of amides is 1. The van der Waals surface area contributed by atoms with Crippen molar-refractivity contribution in [2.75, 3.05) is 0 Å². The average molecular weight is 282 g/mol. The van der Waals surface area contributed by atoms with Crippen molar-refractivity contribution in [1.29, 1.82) is 0 Å². The van der Waals surface area contributed by atoms with E-state index in [0.717, 1.165) is 4.47 Å². The Morgan fingerprint density at radius 2 is 2.12 bits per heavy atom. The van der Waals surface area contributed by atoms with Gasteiger partial charge in [-0.25, -0.2) is 0 Å². The molecule has 0 radical (unpaired) electrons. The van der Waals surface area contributed by atoms with Crippen LogP contribution < -0.4 is 5.32 Å². The Balaban J connectivity index is 1.95. The molecule has 0 bridgehead atoms. The zero-order valence-corrected chi connectivity index (χ0v) is 9.77. The Hall–Kier alpha value is -1.69. The van der Waals surface area contributed by atoms with Crippen LogP contribution in [0.2, 0.25) is 0 Å². The van der Waals surface area contributed by atoms with E-state index in [0.29, 0.717) is 11.4 Å². The fourth-order valence-electron chi connectivity index (χ4n) is 1.13. The second kappa shape index (κ2) is 4.89. The molecule has 2 rings (SSSR count). The van der Waals surface area contributed by atoms with Crippen LogP contribution in [0.1, 0.15) is 16.2 Å². The molecule has 1 aromatic heterocycles. The molecule has 0 saturated heterocycles. The standard InChI is InChI=1S/C10H8BrN3O2/c11-8-3-1-7(2-4-8)10(15)12-5-9-13-6-16-14-9/h1-4,6H,5H2,(H,12,15). The average Bonchev–Trinajstić information content (AvgIpc) is 2.80. The van der Waals surface area contributed by atoms with E-state index in [4.69, 9.17) is 0 Å². The molecular formula is C10H8BrN3O2. The third kappa shape index (κ3) is 2.66. The Labute approximate surface area is 100.0 Å². The minimum absolute atomic E-state index is 0.169. The lowest BCUT2D eigenvalue weighted by atomic mass is 10.2. The number of benzene rings is 1. The summed E-state index contributed by atoms with van der Waals surface area (Å²) in [4.78, 5) is 15.4.